The molecule has 6 nitrogen and oxygen atoms in total. The molecule has 146 valence electrons. The third kappa shape index (κ3) is 3.92. The standard InChI is InChI=1S/C22H21N5OS/c28-21(17-8-9-23-11-17)26-22-25-19-7-6-16(10-20(19)29-22)18-12-24-27(14-18)13-15-4-2-1-3-5-15/h1-7,10,12,14,17,23H,8-9,11,13H2,(H,25,26,28)/t17-/m1/s1. The Morgan fingerprint density at radius 1 is 1.21 bits per heavy atom. The highest BCUT2D eigenvalue weighted by Gasteiger charge is 2.23. The van der Waals surface area contributed by atoms with Crippen molar-refractivity contribution in [3.63, 3.8) is 0 Å². The van der Waals surface area contributed by atoms with Gasteiger partial charge in [0, 0.05) is 18.3 Å². The highest BCUT2D eigenvalue weighted by molar-refractivity contribution is 7.22. The minimum Gasteiger partial charge on any atom is -0.316 e. The van der Waals surface area contributed by atoms with Crippen LogP contribution in [0.1, 0.15) is 12.0 Å². The van der Waals surface area contributed by atoms with E-state index in [1.807, 2.05) is 35.1 Å². The number of rotatable bonds is 5. The Hall–Kier alpha value is -3.03. The summed E-state index contributed by atoms with van der Waals surface area (Å²) in [6.07, 6.45) is 4.83. The van der Waals surface area contributed by atoms with Crippen LogP contribution in [0.5, 0.6) is 0 Å². The SMILES string of the molecule is O=C(Nc1nc2ccc(-c3cnn(Cc4ccccc4)c3)cc2s1)[C@@H]1CCNC1. The van der Waals surface area contributed by atoms with Crippen molar-refractivity contribution < 1.29 is 4.79 Å². The number of thiazole rings is 1. The molecule has 0 unspecified atom stereocenters. The molecule has 1 aliphatic rings. The number of benzene rings is 2. The summed E-state index contributed by atoms with van der Waals surface area (Å²) in [4.78, 5) is 16.9. The molecule has 1 fully saturated rings. The van der Waals surface area contributed by atoms with Gasteiger partial charge in [0.2, 0.25) is 5.91 Å². The van der Waals surface area contributed by atoms with Gasteiger partial charge in [0.25, 0.3) is 0 Å². The second-order valence-corrected chi connectivity index (χ2v) is 8.32. The van der Waals surface area contributed by atoms with Crippen LogP contribution in [0.2, 0.25) is 0 Å². The van der Waals surface area contributed by atoms with Crippen molar-refractivity contribution in [1.82, 2.24) is 20.1 Å². The molecule has 1 aliphatic heterocycles. The largest absolute Gasteiger partial charge is 0.316 e. The number of hydrogen-bond donors (Lipinski definition) is 2. The molecule has 7 heteroatoms. The number of aromatic nitrogens is 3. The van der Waals surface area contributed by atoms with Crippen molar-refractivity contribution >= 4 is 32.6 Å². The van der Waals surface area contributed by atoms with Crippen molar-refractivity contribution in [1.29, 1.82) is 0 Å². The first-order valence-electron chi connectivity index (χ1n) is 9.73. The van der Waals surface area contributed by atoms with Crippen LogP contribution < -0.4 is 10.6 Å². The minimum absolute atomic E-state index is 0.0352. The van der Waals surface area contributed by atoms with Crippen LogP contribution in [-0.2, 0) is 11.3 Å². The van der Waals surface area contributed by atoms with Gasteiger partial charge in [-0.3, -0.25) is 9.48 Å². The van der Waals surface area contributed by atoms with Gasteiger partial charge in [0.15, 0.2) is 5.13 Å². The first-order valence-corrected chi connectivity index (χ1v) is 10.6. The first-order chi connectivity index (χ1) is 14.2. The molecule has 2 aromatic heterocycles. The van der Waals surface area contributed by atoms with Crippen LogP contribution in [0.3, 0.4) is 0 Å². The molecule has 0 bridgehead atoms. The Bertz CT molecular complexity index is 1140. The van der Waals surface area contributed by atoms with E-state index >= 15 is 0 Å². The van der Waals surface area contributed by atoms with Crippen molar-refractivity contribution in [2.45, 2.75) is 13.0 Å². The van der Waals surface area contributed by atoms with Crippen molar-refractivity contribution in [3.05, 3.63) is 66.5 Å². The molecule has 1 saturated heterocycles. The first kappa shape index (κ1) is 18.0. The summed E-state index contributed by atoms with van der Waals surface area (Å²) in [6, 6.07) is 16.5. The number of fused-ring (bicyclic) bond motifs is 1. The van der Waals surface area contributed by atoms with Crippen LogP contribution >= 0.6 is 11.3 Å². The fourth-order valence-electron chi connectivity index (χ4n) is 3.61. The van der Waals surface area contributed by atoms with Gasteiger partial charge in [0.05, 0.1) is 28.9 Å². The Morgan fingerprint density at radius 3 is 2.93 bits per heavy atom. The second-order valence-electron chi connectivity index (χ2n) is 7.29. The van der Waals surface area contributed by atoms with Crippen molar-refractivity contribution in [2.24, 2.45) is 5.92 Å². The number of amides is 1. The average molecular weight is 404 g/mol. The molecule has 5 rings (SSSR count). The Kier molecular flexibility index (Phi) is 4.83. The molecule has 29 heavy (non-hydrogen) atoms. The fourth-order valence-corrected chi connectivity index (χ4v) is 4.52. The van der Waals surface area contributed by atoms with Crippen LogP contribution in [0, 0.1) is 5.92 Å². The van der Waals surface area contributed by atoms with Crippen LogP contribution in [0.15, 0.2) is 60.9 Å². The number of anilines is 1. The lowest BCUT2D eigenvalue weighted by Crippen LogP contribution is -2.24. The van der Waals surface area contributed by atoms with Gasteiger partial charge in [-0.2, -0.15) is 5.10 Å². The third-order valence-corrected chi connectivity index (χ3v) is 6.14. The summed E-state index contributed by atoms with van der Waals surface area (Å²) >= 11 is 1.51. The van der Waals surface area contributed by atoms with E-state index in [0.717, 1.165) is 47.4 Å². The predicted molar refractivity (Wildman–Crippen MR) is 116 cm³/mol. The van der Waals surface area contributed by atoms with E-state index in [0.29, 0.717) is 5.13 Å². The number of carbonyl (C=O) groups excluding carboxylic acids is 1. The summed E-state index contributed by atoms with van der Waals surface area (Å²) < 4.78 is 3.00. The Morgan fingerprint density at radius 2 is 2.10 bits per heavy atom. The smallest absolute Gasteiger partial charge is 0.230 e. The zero-order valence-electron chi connectivity index (χ0n) is 15.8. The summed E-state index contributed by atoms with van der Waals surface area (Å²) in [6.45, 7) is 2.39. The molecule has 0 aliphatic carbocycles. The molecule has 3 heterocycles. The molecule has 1 atom stereocenters. The van der Waals surface area contributed by atoms with E-state index in [1.165, 1.54) is 16.9 Å². The topological polar surface area (TPSA) is 71.8 Å². The van der Waals surface area contributed by atoms with E-state index in [2.05, 4.69) is 51.2 Å². The van der Waals surface area contributed by atoms with Gasteiger partial charge < -0.3 is 10.6 Å². The van der Waals surface area contributed by atoms with E-state index < -0.39 is 0 Å². The van der Waals surface area contributed by atoms with Gasteiger partial charge in [-0.15, -0.1) is 0 Å². The zero-order chi connectivity index (χ0) is 19.6. The quantitative estimate of drug-likeness (QED) is 0.532. The summed E-state index contributed by atoms with van der Waals surface area (Å²) in [5.74, 6) is 0.0875. The van der Waals surface area contributed by atoms with E-state index in [9.17, 15) is 4.79 Å². The fraction of sp³-hybridized carbons (Fsp3) is 0.227. The number of hydrogen-bond acceptors (Lipinski definition) is 5. The Balaban J connectivity index is 1.34. The summed E-state index contributed by atoms with van der Waals surface area (Å²) in [7, 11) is 0. The van der Waals surface area contributed by atoms with E-state index in [4.69, 9.17) is 0 Å². The lowest BCUT2D eigenvalue weighted by molar-refractivity contribution is -0.119. The molecule has 4 aromatic rings. The lowest BCUT2D eigenvalue weighted by Gasteiger charge is -2.06. The molecule has 0 saturated carbocycles. The highest BCUT2D eigenvalue weighted by atomic mass is 32.1. The van der Waals surface area contributed by atoms with Gasteiger partial charge in [-0.05, 0) is 36.2 Å². The van der Waals surface area contributed by atoms with Crippen LogP contribution in [0.25, 0.3) is 21.3 Å². The van der Waals surface area contributed by atoms with E-state index in [-0.39, 0.29) is 11.8 Å². The third-order valence-electron chi connectivity index (χ3n) is 5.20. The molecule has 0 radical (unpaired) electrons. The van der Waals surface area contributed by atoms with Crippen molar-refractivity contribution in [3.8, 4) is 11.1 Å². The molecule has 1 amide bonds. The molecular weight excluding hydrogens is 382 g/mol. The number of nitrogens with zero attached hydrogens (tertiary/aromatic N) is 3. The second kappa shape index (κ2) is 7.77. The van der Waals surface area contributed by atoms with E-state index in [1.54, 1.807) is 0 Å². The number of nitrogens with one attached hydrogen (secondary N) is 2. The molecule has 2 N–H and O–H groups in total. The molecule has 2 aromatic carbocycles. The van der Waals surface area contributed by atoms with Crippen LogP contribution in [-0.4, -0.2) is 33.8 Å². The van der Waals surface area contributed by atoms with Crippen molar-refractivity contribution in [2.75, 3.05) is 18.4 Å². The lowest BCUT2D eigenvalue weighted by atomic mass is 10.1. The van der Waals surface area contributed by atoms with Gasteiger partial charge in [-0.25, -0.2) is 4.98 Å². The predicted octanol–water partition coefficient (Wildman–Crippen LogP) is 3.76. The van der Waals surface area contributed by atoms with Gasteiger partial charge >= 0.3 is 0 Å². The van der Waals surface area contributed by atoms with Gasteiger partial charge in [0.1, 0.15) is 0 Å². The molecule has 0 spiro atoms. The zero-order valence-corrected chi connectivity index (χ0v) is 16.7. The normalized spacial score (nSPS) is 16.3. The summed E-state index contributed by atoms with van der Waals surface area (Å²) in [5.41, 5.74) is 4.28. The van der Waals surface area contributed by atoms with Crippen LogP contribution in [0.4, 0.5) is 5.13 Å². The maximum Gasteiger partial charge on any atom is 0.230 e. The maximum atomic E-state index is 12.3. The average Bonchev–Trinajstić information content (AvgIpc) is 3.48. The minimum atomic E-state index is 0.0352. The summed E-state index contributed by atoms with van der Waals surface area (Å²) in [5, 5.41) is 11.4. The highest BCUT2D eigenvalue weighted by Crippen LogP contribution is 2.31. The monoisotopic (exact) mass is 403 g/mol. The molecular formula is C22H21N5OS. The van der Waals surface area contributed by atoms with Gasteiger partial charge in [-0.1, -0.05) is 47.7 Å². The number of carbonyl (C=O) groups is 1. The Labute approximate surface area is 172 Å². The maximum absolute atomic E-state index is 12.3.